The molecule has 37 heavy (non-hydrogen) atoms. The molecule has 0 saturated heterocycles. The van der Waals surface area contributed by atoms with Gasteiger partial charge in [0, 0.05) is 23.9 Å². The molecule has 3 unspecified atom stereocenters. The molecule has 0 N–H and O–H groups in total. The first-order chi connectivity index (χ1) is 18.2. The first-order valence-corrected chi connectivity index (χ1v) is 24.0. The van der Waals surface area contributed by atoms with Crippen molar-refractivity contribution in [3.8, 4) is 11.5 Å². The molecule has 0 aliphatic carbocycles. The Labute approximate surface area is 231 Å². The Bertz CT molecular complexity index is 1030. The van der Waals surface area contributed by atoms with Crippen LogP contribution < -0.4 is 9.16 Å². The van der Waals surface area contributed by atoms with Gasteiger partial charge in [-0.25, -0.2) is 0 Å². The van der Waals surface area contributed by atoms with Gasteiger partial charge >= 0.3 is 0 Å². The molecule has 3 aromatic rings. The Hall–Kier alpha value is -2.39. The van der Waals surface area contributed by atoms with Crippen LogP contribution in [0.15, 0.2) is 116 Å². The van der Waals surface area contributed by atoms with Gasteiger partial charge in [-0.3, -0.25) is 0 Å². The van der Waals surface area contributed by atoms with Gasteiger partial charge in [0.2, 0.25) is 9.04 Å². The standard InChI is InChI=1S/C31H44O2Si4/c1-4-23-36(27-34-6-3)37(25-5-2,26-29-16-10-7-11-17-29)28-35(33-31-20-14-9-15-21-31)24-22-32-30-18-12-8-13-19-30/h4-5,7-21,35-36H,1-2,6,22-28,34H2,3H3. The highest BCUT2D eigenvalue weighted by molar-refractivity contribution is 7.36. The van der Waals surface area contributed by atoms with E-state index in [1.54, 1.807) is 5.67 Å². The van der Waals surface area contributed by atoms with Gasteiger partial charge in [-0.1, -0.05) is 103 Å². The normalized spacial score (nSPS) is 14.5. The topological polar surface area (TPSA) is 18.5 Å². The summed E-state index contributed by atoms with van der Waals surface area (Å²) in [4.78, 5) is 0. The van der Waals surface area contributed by atoms with E-state index in [0.717, 1.165) is 24.2 Å². The van der Waals surface area contributed by atoms with Gasteiger partial charge in [0.1, 0.15) is 11.5 Å². The predicted octanol–water partition coefficient (Wildman–Crippen LogP) is 6.88. The van der Waals surface area contributed by atoms with Crippen LogP contribution in [0.2, 0.25) is 35.5 Å². The molecule has 3 rings (SSSR count). The van der Waals surface area contributed by atoms with Crippen LogP contribution in [0, 0.1) is 0 Å². The lowest BCUT2D eigenvalue weighted by Crippen LogP contribution is -2.57. The molecule has 0 aliphatic heterocycles. The van der Waals surface area contributed by atoms with E-state index in [9.17, 15) is 0 Å². The zero-order valence-electron chi connectivity index (χ0n) is 22.6. The van der Waals surface area contributed by atoms with Gasteiger partial charge < -0.3 is 9.16 Å². The van der Waals surface area contributed by atoms with Crippen LogP contribution in [-0.2, 0) is 6.04 Å². The molecule has 0 radical (unpaired) electrons. The summed E-state index contributed by atoms with van der Waals surface area (Å²) in [5.41, 5.74) is 4.34. The molecular weight excluding hydrogens is 517 g/mol. The number of hydrogen-bond donors (Lipinski definition) is 0. The van der Waals surface area contributed by atoms with E-state index in [0.29, 0.717) is 0 Å². The lowest BCUT2D eigenvalue weighted by Gasteiger charge is -2.40. The number of allylic oxidation sites excluding steroid dienone is 2. The minimum atomic E-state index is -1.70. The largest absolute Gasteiger partial charge is 0.547 e. The van der Waals surface area contributed by atoms with E-state index in [1.807, 2.05) is 30.3 Å². The second kappa shape index (κ2) is 16.4. The predicted molar refractivity (Wildman–Crippen MR) is 173 cm³/mol. The number of rotatable bonds is 18. The monoisotopic (exact) mass is 560 g/mol. The fourth-order valence-electron chi connectivity index (χ4n) is 5.49. The maximum atomic E-state index is 6.89. The molecule has 0 aliphatic rings. The lowest BCUT2D eigenvalue weighted by molar-refractivity contribution is 0.334. The maximum absolute atomic E-state index is 6.89. The Morgan fingerprint density at radius 1 is 0.838 bits per heavy atom. The van der Waals surface area contributed by atoms with E-state index in [-0.39, 0.29) is 9.52 Å². The molecule has 196 valence electrons. The van der Waals surface area contributed by atoms with E-state index in [2.05, 4.69) is 92.9 Å². The summed E-state index contributed by atoms with van der Waals surface area (Å²) in [7, 11) is -4.35. The van der Waals surface area contributed by atoms with Gasteiger partial charge in [-0.05, 0) is 48.1 Å². The van der Waals surface area contributed by atoms with E-state index < -0.39 is 24.9 Å². The van der Waals surface area contributed by atoms with Crippen molar-refractivity contribution in [3.63, 3.8) is 0 Å². The lowest BCUT2D eigenvalue weighted by atomic mass is 10.2. The highest BCUT2D eigenvalue weighted by Crippen LogP contribution is 2.32. The van der Waals surface area contributed by atoms with Crippen molar-refractivity contribution >= 4 is 34.5 Å². The number of hydrogen-bond acceptors (Lipinski definition) is 2. The highest BCUT2D eigenvalue weighted by atomic mass is 29.2. The molecule has 6 heteroatoms. The second-order valence-electron chi connectivity index (χ2n) is 10.1. The molecule has 0 spiro atoms. The zero-order chi connectivity index (χ0) is 26.2. The van der Waals surface area contributed by atoms with Gasteiger partial charge in [-0.2, -0.15) is 0 Å². The molecule has 0 fully saturated rings. The van der Waals surface area contributed by atoms with Crippen LogP contribution in [0.4, 0.5) is 0 Å². The van der Waals surface area contributed by atoms with Crippen molar-refractivity contribution in [1.82, 2.24) is 0 Å². The average Bonchev–Trinajstić information content (AvgIpc) is 2.93. The summed E-state index contributed by atoms with van der Waals surface area (Å²) in [6.07, 6.45) is 4.49. The molecule has 2 nitrogen and oxygen atoms in total. The third-order valence-corrected chi connectivity index (χ3v) is 35.8. The molecule has 0 bridgehead atoms. The van der Waals surface area contributed by atoms with Crippen LogP contribution in [0.25, 0.3) is 0 Å². The summed E-state index contributed by atoms with van der Waals surface area (Å²) < 4.78 is 13.1. The Morgan fingerprint density at radius 2 is 1.46 bits per heavy atom. The summed E-state index contributed by atoms with van der Waals surface area (Å²) in [6.45, 7) is 11.6. The second-order valence-corrected chi connectivity index (χ2v) is 29.3. The summed E-state index contributed by atoms with van der Waals surface area (Å²) in [6, 6.07) is 38.0. The maximum Gasteiger partial charge on any atom is 0.236 e. The molecule has 0 aromatic heterocycles. The van der Waals surface area contributed by atoms with Crippen LogP contribution in [-0.4, -0.2) is 41.1 Å². The highest BCUT2D eigenvalue weighted by Gasteiger charge is 2.43. The smallest absolute Gasteiger partial charge is 0.236 e. The summed E-state index contributed by atoms with van der Waals surface area (Å²) in [5.74, 6) is 1.96. The quantitative estimate of drug-likeness (QED) is 0.125. The van der Waals surface area contributed by atoms with E-state index in [1.165, 1.54) is 35.4 Å². The molecule has 0 saturated carbocycles. The van der Waals surface area contributed by atoms with E-state index >= 15 is 0 Å². The van der Waals surface area contributed by atoms with E-state index in [4.69, 9.17) is 9.16 Å². The van der Waals surface area contributed by atoms with Gasteiger partial charge in [0.25, 0.3) is 0 Å². The number of para-hydroxylation sites is 2. The Balaban J connectivity index is 1.92. The average molecular weight is 561 g/mol. The minimum Gasteiger partial charge on any atom is -0.547 e. The third kappa shape index (κ3) is 9.77. The van der Waals surface area contributed by atoms with Crippen molar-refractivity contribution < 1.29 is 9.16 Å². The van der Waals surface area contributed by atoms with Crippen LogP contribution in [0.3, 0.4) is 0 Å². The van der Waals surface area contributed by atoms with Crippen molar-refractivity contribution in [2.75, 3.05) is 6.61 Å². The molecule has 0 amide bonds. The summed E-state index contributed by atoms with van der Waals surface area (Å²) >= 11 is 0. The fourth-order valence-corrected chi connectivity index (χ4v) is 42.0. The first-order valence-electron chi connectivity index (χ1n) is 13.8. The zero-order valence-corrected chi connectivity index (χ0v) is 27.3. The van der Waals surface area contributed by atoms with Gasteiger partial charge in [0.05, 0.1) is 14.2 Å². The van der Waals surface area contributed by atoms with Crippen molar-refractivity contribution in [2.45, 2.75) is 48.5 Å². The Kier molecular flexibility index (Phi) is 13.0. The van der Waals surface area contributed by atoms with Crippen molar-refractivity contribution in [3.05, 3.63) is 122 Å². The van der Waals surface area contributed by atoms with Gasteiger partial charge in [-0.15, -0.1) is 13.2 Å². The molecule has 0 heterocycles. The Morgan fingerprint density at radius 3 is 2.05 bits per heavy atom. The molecule has 3 aromatic carbocycles. The number of benzene rings is 3. The SMILES string of the molecule is C=CC[SiH](C[SiH2]CC)[Si](CC=C)(Cc1ccccc1)C[SiH](CCOc1ccccc1)Oc1ccccc1. The number of ether oxygens (including phenoxy) is 1. The van der Waals surface area contributed by atoms with Gasteiger partial charge in [0.15, 0.2) is 0 Å². The first kappa shape index (κ1) is 29.2. The minimum absolute atomic E-state index is 0.00947. The molecular formula is C31H44O2Si4. The van der Waals surface area contributed by atoms with Crippen molar-refractivity contribution in [2.24, 2.45) is 0 Å². The van der Waals surface area contributed by atoms with Crippen LogP contribution in [0.1, 0.15) is 12.5 Å². The van der Waals surface area contributed by atoms with Crippen molar-refractivity contribution in [1.29, 1.82) is 0 Å². The molecule has 3 atom stereocenters. The van der Waals surface area contributed by atoms with Crippen LogP contribution >= 0.6 is 0 Å². The third-order valence-electron chi connectivity index (χ3n) is 7.31. The fraction of sp³-hybridized carbons (Fsp3) is 0.290. The summed E-state index contributed by atoms with van der Waals surface area (Å²) in [5, 5.41) is 0. The van der Waals surface area contributed by atoms with Crippen LogP contribution in [0.5, 0.6) is 11.5 Å².